The van der Waals surface area contributed by atoms with E-state index in [1.54, 1.807) is 0 Å². The lowest BCUT2D eigenvalue weighted by Gasteiger charge is -2.24. The summed E-state index contributed by atoms with van der Waals surface area (Å²) in [5.41, 5.74) is 1.09. The Morgan fingerprint density at radius 1 is 0.958 bits per heavy atom. The van der Waals surface area contributed by atoms with Crippen LogP contribution in [0.4, 0.5) is 8.78 Å². The van der Waals surface area contributed by atoms with Crippen molar-refractivity contribution in [2.24, 2.45) is 0 Å². The highest BCUT2D eigenvalue weighted by molar-refractivity contribution is 7.89. The third-order valence-corrected chi connectivity index (χ3v) is 6.22. The van der Waals surface area contributed by atoms with Gasteiger partial charge in [0, 0.05) is 19.2 Å². The van der Waals surface area contributed by atoms with E-state index in [1.165, 1.54) is 4.31 Å². The zero-order chi connectivity index (χ0) is 17.2. The second kappa shape index (κ2) is 6.99. The average molecular weight is 351 g/mol. The molecule has 0 bridgehead atoms. The fourth-order valence-electron chi connectivity index (χ4n) is 3.15. The number of sulfonamides is 1. The fraction of sp³-hybridized carbons (Fsp3) is 0.333. The van der Waals surface area contributed by atoms with Gasteiger partial charge >= 0.3 is 0 Å². The van der Waals surface area contributed by atoms with Crippen LogP contribution in [0.25, 0.3) is 0 Å². The maximum Gasteiger partial charge on any atom is 0.243 e. The molecule has 6 heteroatoms. The van der Waals surface area contributed by atoms with Gasteiger partial charge < -0.3 is 0 Å². The van der Waals surface area contributed by atoms with Crippen LogP contribution in [-0.4, -0.2) is 25.8 Å². The van der Waals surface area contributed by atoms with Crippen molar-refractivity contribution in [3.8, 4) is 0 Å². The van der Waals surface area contributed by atoms with Crippen LogP contribution in [0.5, 0.6) is 0 Å². The summed E-state index contributed by atoms with van der Waals surface area (Å²) in [7, 11) is -3.92. The Balaban J connectivity index is 1.91. The van der Waals surface area contributed by atoms with Crippen molar-refractivity contribution in [3.05, 3.63) is 65.7 Å². The first-order valence-electron chi connectivity index (χ1n) is 7.98. The van der Waals surface area contributed by atoms with Crippen LogP contribution in [0.1, 0.15) is 30.7 Å². The molecule has 0 aliphatic carbocycles. The summed E-state index contributed by atoms with van der Waals surface area (Å²) >= 11 is 0. The summed E-state index contributed by atoms with van der Waals surface area (Å²) in [6, 6.07) is 12.2. The van der Waals surface area contributed by atoms with E-state index < -0.39 is 21.7 Å². The van der Waals surface area contributed by atoms with Gasteiger partial charge in [0.1, 0.15) is 11.6 Å². The molecule has 1 aliphatic rings. The standard InChI is InChI=1S/C18H19F2NO2S/c19-16-10-17(20)12-18(11-16)24(22,23)21-9-5-4-8-15(13-21)14-6-2-1-3-7-14/h1-3,6-7,10-12,15H,4-5,8-9,13H2. The van der Waals surface area contributed by atoms with Gasteiger partial charge in [-0.15, -0.1) is 0 Å². The molecule has 1 saturated heterocycles. The average Bonchev–Trinajstić information content (AvgIpc) is 2.81. The molecule has 24 heavy (non-hydrogen) atoms. The zero-order valence-electron chi connectivity index (χ0n) is 13.2. The van der Waals surface area contributed by atoms with Crippen molar-refractivity contribution in [3.63, 3.8) is 0 Å². The van der Waals surface area contributed by atoms with Crippen molar-refractivity contribution in [2.75, 3.05) is 13.1 Å². The van der Waals surface area contributed by atoms with E-state index in [0.717, 1.165) is 37.0 Å². The normalized spacial score (nSPS) is 19.8. The van der Waals surface area contributed by atoms with E-state index in [4.69, 9.17) is 0 Å². The first-order chi connectivity index (χ1) is 11.5. The summed E-state index contributed by atoms with van der Waals surface area (Å²) < 4.78 is 53.8. The summed E-state index contributed by atoms with van der Waals surface area (Å²) in [5.74, 6) is -1.69. The van der Waals surface area contributed by atoms with Crippen LogP contribution in [-0.2, 0) is 10.0 Å². The fourth-order valence-corrected chi connectivity index (χ4v) is 4.72. The second-order valence-electron chi connectivity index (χ2n) is 6.07. The molecular weight excluding hydrogens is 332 g/mol. The lowest BCUT2D eigenvalue weighted by atomic mass is 9.95. The molecule has 0 spiro atoms. The highest BCUT2D eigenvalue weighted by atomic mass is 32.2. The van der Waals surface area contributed by atoms with Gasteiger partial charge in [0.15, 0.2) is 0 Å². The topological polar surface area (TPSA) is 37.4 Å². The van der Waals surface area contributed by atoms with Crippen LogP contribution >= 0.6 is 0 Å². The Morgan fingerprint density at radius 3 is 2.29 bits per heavy atom. The van der Waals surface area contributed by atoms with Crippen LogP contribution in [0, 0.1) is 11.6 Å². The Morgan fingerprint density at radius 2 is 1.62 bits per heavy atom. The number of benzene rings is 2. The minimum atomic E-state index is -3.92. The zero-order valence-corrected chi connectivity index (χ0v) is 14.0. The molecule has 0 saturated carbocycles. The van der Waals surface area contributed by atoms with Crippen molar-refractivity contribution < 1.29 is 17.2 Å². The summed E-state index contributed by atoms with van der Waals surface area (Å²) in [5, 5.41) is 0. The molecule has 3 rings (SSSR count). The minimum Gasteiger partial charge on any atom is -0.207 e. The van der Waals surface area contributed by atoms with Crippen LogP contribution < -0.4 is 0 Å². The molecule has 1 heterocycles. The number of nitrogens with zero attached hydrogens (tertiary/aromatic N) is 1. The lowest BCUT2D eigenvalue weighted by Crippen LogP contribution is -2.34. The molecule has 0 radical (unpaired) electrons. The molecule has 0 amide bonds. The maximum absolute atomic E-state index is 13.4. The first kappa shape index (κ1) is 17.0. The van der Waals surface area contributed by atoms with Crippen molar-refractivity contribution in [2.45, 2.75) is 30.1 Å². The van der Waals surface area contributed by atoms with Gasteiger partial charge in [0.2, 0.25) is 10.0 Å². The van der Waals surface area contributed by atoms with Crippen LogP contribution in [0.3, 0.4) is 0 Å². The largest absolute Gasteiger partial charge is 0.243 e. The summed E-state index contributed by atoms with van der Waals surface area (Å²) in [6.45, 7) is 0.689. The molecule has 0 N–H and O–H groups in total. The van der Waals surface area contributed by atoms with E-state index in [9.17, 15) is 17.2 Å². The van der Waals surface area contributed by atoms with Gasteiger partial charge in [-0.25, -0.2) is 17.2 Å². The van der Waals surface area contributed by atoms with Crippen LogP contribution in [0.2, 0.25) is 0 Å². The van der Waals surface area contributed by atoms with Crippen molar-refractivity contribution >= 4 is 10.0 Å². The lowest BCUT2D eigenvalue weighted by molar-refractivity contribution is 0.405. The number of rotatable bonds is 3. The first-order valence-corrected chi connectivity index (χ1v) is 9.42. The van der Waals surface area contributed by atoms with Crippen LogP contribution in [0.15, 0.2) is 53.4 Å². The van der Waals surface area contributed by atoms with E-state index in [-0.39, 0.29) is 10.8 Å². The van der Waals surface area contributed by atoms with Gasteiger partial charge in [-0.2, -0.15) is 4.31 Å². The second-order valence-corrected chi connectivity index (χ2v) is 8.01. The van der Waals surface area contributed by atoms with E-state index in [2.05, 4.69) is 0 Å². The van der Waals surface area contributed by atoms with Gasteiger partial charge in [-0.3, -0.25) is 0 Å². The predicted octanol–water partition coefficient (Wildman–Crippen LogP) is 3.92. The minimum absolute atomic E-state index is 0.0851. The molecule has 2 aromatic rings. The predicted molar refractivity (Wildman–Crippen MR) is 88.2 cm³/mol. The third kappa shape index (κ3) is 3.65. The molecular formula is C18H19F2NO2S. The molecule has 3 nitrogen and oxygen atoms in total. The SMILES string of the molecule is O=S(=O)(c1cc(F)cc(F)c1)N1CCCCC(c2ccccc2)C1. The Kier molecular flexibility index (Phi) is 4.96. The van der Waals surface area contributed by atoms with Gasteiger partial charge in [0.05, 0.1) is 4.90 Å². The van der Waals surface area contributed by atoms with Crippen molar-refractivity contribution in [1.82, 2.24) is 4.31 Å². The molecule has 2 aromatic carbocycles. The number of hydrogen-bond acceptors (Lipinski definition) is 2. The molecule has 0 aromatic heterocycles. The third-order valence-electron chi connectivity index (χ3n) is 4.38. The highest BCUT2D eigenvalue weighted by Crippen LogP contribution is 2.29. The van der Waals surface area contributed by atoms with E-state index in [0.29, 0.717) is 19.2 Å². The highest BCUT2D eigenvalue weighted by Gasteiger charge is 2.30. The Bertz CT molecular complexity index is 789. The smallest absolute Gasteiger partial charge is 0.207 e. The van der Waals surface area contributed by atoms with E-state index in [1.807, 2.05) is 30.3 Å². The molecule has 1 atom stereocenters. The molecule has 128 valence electrons. The Labute approximate surface area is 141 Å². The van der Waals surface area contributed by atoms with Gasteiger partial charge in [-0.05, 0) is 36.5 Å². The number of hydrogen-bond donors (Lipinski definition) is 0. The summed E-state index contributed by atoms with van der Waals surface area (Å²) in [6.07, 6.45) is 2.55. The monoisotopic (exact) mass is 351 g/mol. The molecule has 1 aliphatic heterocycles. The maximum atomic E-state index is 13.4. The van der Waals surface area contributed by atoms with Gasteiger partial charge in [0.25, 0.3) is 0 Å². The van der Waals surface area contributed by atoms with Crippen molar-refractivity contribution in [1.29, 1.82) is 0 Å². The van der Waals surface area contributed by atoms with Gasteiger partial charge in [-0.1, -0.05) is 36.8 Å². The molecule has 1 fully saturated rings. The quantitative estimate of drug-likeness (QED) is 0.840. The molecule has 1 unspecified atom stereocenters. The number of halogens is 2. The van der Waals surface area contributed by atoms with E-state index >= 15 is 0 Å². The summed E-state index contributed by atoms with van der Waals surface area (Å²) in [4.78, 5) is -0.325. The Hall–Kier alpha value is -1.79.